The molecule has 1 heterocycles. The number of carbonyl (C=O) groups is 2. The van der Waals surface area contributed by atoms with E-state index in [2.05, 4.69) is 5.32 Å². The zero-order valence-corrected chi connectivity index (χ0v) is 18.6. The molecule has 1 saturated heterocycles. The number of nitrogens with zero attached hydrogens (tertiary/aromatic N) is 1. The molecule has 3 aromatic carbocycles. The van der Waals surface area contributed by atoms with Crippen molar-refractivity contribution < 1.29 is 18.7 Å². The van der Waals surface area contributed by atoms with Gasteiger partial charge in [-0.25, -0.2) is 4.39 Å². The van der Waals surface area contributed by atoms with E-state index in [4.69, 9.17) is 4.74 Å². The van der Waals surface area contributed by atoms with Crippen LogP contribution in [-0.2, 0) is 16.2 Å². The molecule has 2 amide bonds. The Morgan fingerprint density at radius 3 is 2.61 bits per heavy atom. The number of carbonyl (C=O) groups excluding carboxylic acids is 2. The van der Waals surface area contributed by atoms with Gasteiger partial charge in [-0.1, -0.05) is 42.5 Å². The molecule has 1 fully saturated rings. The monoisotopic (exact) mass is 446 g/mol. The number of aryl methyl sites for hydroxylation is 1. The van der Waals surface area contributed by atoms with Crippen LogP contribution in [0.4, 0.5) is 10.1 Å². The first-order chi connectivity index (χ1) is 16.0. The van der Waals surface area contributed by atoms with Crippen LogP contribution in [0.2, 0.25) is 0 Å². The predicted molar refractivity (Wildman–Crippen MR) is 125 cm³/mol. The zero-order valence-electron chi connectivity index (χ0n) is 18.6. The van der Waals surface area contributed by atoms with Crippen molar-refractivity contribution in [3.63, 3.8) is 0 Å². The molecule has 0 aromatic heterocycles. The molecule has 0 bridgehead atoms. The molecular formula is C27H27FN2O3. The van der Waals surface area contributed by atoms with E-state index in [1.807, 2.05) is 43.3 Å². The highest BCUT2D eigenvalue weighted by Gasteiger charge is 2.32. The number of rotatable bonds is 7. The van der Waals surface area contributed by atoms with Gasteiger partial charge in [-0.15, -0.1) is 0 Å². The van der Waals surface area contributed by atoms with Crippen molar-refractivity contribution in [3.8, 4) is 5.75 Å². The van der Waals surface area contributed by atoms with Crippen LogP contribution < -0.4 is 10.1 Å². The van der Waals surface area contributed by atoms with Crippen molar-refractivity contribution in [2.75, 3.05) is 11.9 Å². The molecule has 1 N–H and O–H groups in total. The number of piperidine rings is 1. The second-order valence-electron chi connectivity index (χ2n) is 8.24. The van der Waals surface area contributed by atoms with E-state index in [0.717, 1.165) is 29.5 Å². The SMILES string of the molecule is Cc1cc(OCc2cccc(F)c2)ccc1NC(=O)C(c1ccccc1)N1CCCCC1=O. The van der Waals surface area contributed by atoms with Crippen LogP contribution in [0, 0.1) is 12.7 Å². The van der Waals surface area contributed by atoms with E-state index in [9.17, 15) is 14.0 Å². The number of amides is 2. The quantitative estimate of drug-likeness (QED) is 0.528. The van der Waals surface area contributed by atoms with E-state index in [0.29, 0.717) is 24.4 Å². The first-order valence-electron chi connectivity index (χ1n) is 11.1. The van der Waals surface area contributed by atoms with E-state index < -0.39 is 6.04 Å². The number of likely N-dealkylation sites (tertiary alicyclic amines) is 1. The van der Waals surface area contributed by atoms with E-state index >= 15 is 0 Å². The summed E-state index contributed by atoms with van der Waals surface area (Å²) in [7, 11) is 0. The second-order valence-corrected chi connectivity index (χ2v) is 8.24. The summed E-state index contributed by atoms with van der Waals surface area (Å²) in [6.07, 6.45) is 2.21. The third kappa shape index (κ3) is 5.58. The molecule has 1 aliphatic heterocycles. The summed E-state index contributed by atoms with van der Waals surface area (Å²) in [5.41, 5.74) is 3.01. The standard InChI is InChI=1S/C27H27FN2O3/c1-19-16-23(33-18-20-8-7-11-22(28)17-20)13-14-24(19)29-27(32)26(21-9-3-2-4-10-21)30-15-6-5-12-25(30)31/h2-4,7-11,13-14,16-17,26H,5-6,12,15,18H2,1H3,(H,29,32). The molecule has 0 radical (unpaired) electrons. The molecular weight excluding hydrogens is 419 g/mol. The van der Waals surface area contributed by atoms with Gasteiger partial charge in [0.1, 0.15) is 24.2 Å². The molecule has 6 heteroatoms. The van der Waals surface area contributed by atoms with Crippen LogP contribution in [0.15, 0.2) is 72.8 Å². The zero-order chi connectivity index (χ0) is 23.2. The van der Waals surface area contributed by atoms with Gasteiger partial charge in [-0.3, -0.25) is 9.59 Å². The largest absolute Gasteiger partial charge is 0.489 e. The highest BCUT2D eigenvalue weighted by atomic mass is 19.1. The Bertz CT molecular complexity index is 1130. The summed E-state index contributed by atoms with van der Waals surface area (Å²) in [4.78, 5) is 27.6. The Balaban J connectivity index is 1.49. The number of halogens is 1. The average Bonchev–Trinajstić information content (AvgIpc) is 2.81. The van der Waals surface area contributed by atoms with Gasteiger partial charge in [0.05, 0.1) is 0 Å². The summed E-state index contributed by atoms with van der Waals surface area (Å²) in [5, 5.41) is 3.00. The molecule has 33 heavy (non-hydrogen) atoms. The Labute approximate surface area is 193 Å². The molecule has 3 aromatic rings. The number of nitrogens with one attached hydrogen (secondary N) is 1. The maximum absolute atomic E-state index is 13.4. The van der Waals surface area contributed by atoms with Crippen molar-refractivity contribution in [1.82, 2.24) is 4.90 Å². The highest BCUT2D eigenvalue weighted by molar-refractivity contribution is 5.98. The topological polar surface area (TPSA) is 58.6 Å². The molecule has 0 aliphatic carbocycles. The lowest BCUT2D eigenvalue weighted by Gasteiger charge is -2.34. The fourth-order valence-electron chi connectivity index (χ4n) is 4.07. The summed E-state index contributed by atoms with van der Waals surface area (Å²) >= 11 is 0. The highest BCUT2D eigenvalue weighted by Crippen LogP contribution is 2.29. The summed E-state index contributed by atoms with van der Waals surface area (Å²) in [6, 6.07) is 20.4. The maximum Gasteiger partial charge on any atom is 0.251 e. The van der Waals surface area contributed by atoms with Gasteiger partial charge in [0.2, 0.25) is 5.91 Å². The van der Waals surface area contributed by atoms with Crippen LogP contribution in [0.3, 0.4) is 0 Å². The predicted octanol–water partition coefficient (Wildman–Crippen LogP) is 5.41. The van der Waals surface area contributed by atoms with Gasteiger partial charge in [0, 0.05) is 18.7 Å². The van der Waals surface area contributed by atoms with Crippen molar-refractivity contribution in [1.29, 1.82) is 0 Å². The number of anilines is 1. The van der Waals surface area contributed by atoms with Crippen molar-refractivity contribution in [3.05, 3.63) is 95.3 Å². The van der Waals surface area contributed by atoms with Gasteiger partial charge >= 0.3 is 0 Å². The Morgan fingerprint density at radius 1 is 1.06 bits per heavy atom. The fourth-order valence-corrected chi connectivity index (χ4v) is 4.07. The molecule has 5 nitrogen and oxygen atoms in total. The second kappa shape index (κ2) is 10.3. The third-order valence-electron chi connectivity index (χ3n) is 5.79. The third-order valence-corrected chi connectivity index (χ3v) is 5.79. The van der Waals surface area contributed by atoms with Crippen LogP contribution in [-0.4, -0.2) is 23.3 Å². The molecule has 0 saturated carbocycles. The Hall–Kier alpha value is -3.67. The summed E-state index contributed by atoms with van der Waals surface area (Å²) in [5.74, 6) is 0.0853. The molecule has 1 aliphatic rings. The Morgan fingerprint density at radius 2 is 1.88 bits per heavy atom. The lowest BCUT2D eigenvalue weighted by Crippen LogP contribution is -2.43. The minimum atomic E-state index is -0.678. The smallest absolute Gasteiger partial charge is 0.251 e. The molecule has 0 spiro atoms. The lowest BCUT2D eigenvalue weighted by molar-refractivity contribution is -0.141. The minimum absolute atomic E-state index is 0.00284. The van der Waals surface area contributed by atoms with Gasteiger partial charge in [-0.2, -0.15) is 0 Å². The molecule has 4 rings (SSSR count). The minimum Gasteiger partial charge on any atom is -0.489 e. The van der Waals surface area contributed by atoms with E-state index in [1.165, 1.54) is 12.1 Å². The van der Waals surface area contributed by atoms with Crippen LogP contribution in [0.1, 0.15) is 42.0 Å². The van der Waals surface area contributed by atoms with Crippen LogP contribution >= 0.6 is 0 Å². The van der Waals surface area contributed by atoms with Crippen molar-refractivity contribution in [2.24, 2.45) is 0 Å². The first-order valence-corrected chi connectivity index (χ1v) is 11.1. The number of hydrogen-bond acceptors (Lipinski definition) is 3. The normalized spacial score (nSPS) is 14.6. The number of benzene rings is 3. The van der Waals surface area contributed by atoms with E-state index in [1.54, 1.807) is 29.2 Å². The molecule has 1 atom stereocenters. The fraction of sp³-hybridized carbons (Fsp3) is 0.259. The van der Waals surface area contributed by atoms with Gasteiger partial charge in [0.15, 0.2) is 0 Å². The molecule has 1 unspecified atom stereocenters. The van der Waals surface area contributed by atoms with Crippen LogP contribution in [0.25, 0.3) is 0 Å². The van der Waals surface area contributed by atoms with Crippen molar-refractivity contribution in [2.45, 2.75) is 38.8 Å². The van der Waals surface area contributed by atoms with E-state index in [-0.39, 0.29) is 24.2 Å². The summed E-state index contributed by atoms with van der Waals surface area (Å²) in [6.45, 7) is 2.70. The summed E-state index contributed by atoms with van der Waals surface area (Å²) < 4.78 is 19.1. The maximum atomic E-state index is 13.4. The Kier molecular flexibility index (Phi) is 7.03. The van der Waals surface area contributed by atoms with Gasteiger partial charge in [-0.05, 0) is 66.8 Å². The van der Waals surface area contributed by atoms with Crippen molar-refractivity contribution >= 4 is 17.5 Å². The van der Waals surface area contributed by atoms with Crippen LogP contribution in [0.5, 0.6) is 5.75 Å². The first kappa shape index (κ1) is 22.5. The average molecular weight is 447 g/mol. The number of ether oxygens (including phenoxy) is 1. The van der Waals surface area contributed by atoms with Gasteiger partial charge in [0.25, 0.3) is 5.91 Å². The number of hydrogen-bond donors (Lipinski definition) is 1. The van der Waals surface area contributed by atoms with Gasteiger partial charge < -0.3 is 15.0 Å². The molecule has 170 valence electrons. The lowest BCUT2D eigenvalue weighted by atomic mass is 10.00.